The monoisotopic (exact) mass is 404 g/mol. The third-order valence-corrected chi connectivity index (χ3v) is 5.02. The standard InChI is InChI=1S/C23H24N4O3/c1-2-3-14-27-20-9-5-4-8-18(20)25-19(23(27)29)11-12-22(28)30-16-17-15-26-13-7-6-10-21(26)24-17/h4-10,13,15H,2-3,11-12,14,16H2,1H3. The summed E-state index contributed by atoms with van der Waals surface area (Å²) in [4.78, 5) is 34.1. The van der Waals surface area contributed by atoms with Crippen molar-refractivity contribution in [1.29, 1.82) is 0 Å². The molecule has 3 heterocycles. The van der Waals surface area contributed by atoms with Crippen LogP contribution >= 0.6 is 0 Å². The minimum Gasteiger partial charge on any atom is -0.459 e. The van der Waals surface area contributed by atoms with Crippen LogP contribution in [-0.4, -0.2) is 24.9 Å². The first-order valence-corrected chi connectivity index (χ1v) is 10.2. The first-order valence-electron chi connectivity index (χ1n) is 10.2. The summed E-state index contributed by atoms with van der Waals surface area (Å²) in [5.41, 5.74) is 3.34. The van der Waals surface area contributed by atoms with Crippen molar-refractivity contribution in [2.24, 2.45) is 0 Å². The van der Waals surface area contributed by atoms with Gasteiger partial charge in [-0.3, -0.25) is 9.59 Å². The molecule has 0 unspecified atom stereocenters. The number of ether oxygens (including phenoxy) is 1. The van der Waals surface area contributed by atoms with Gasteiger partial charge >= 0.3 is 5.97 Å². The minimum absolute atomic E-state index is 0.0989. The summed E-state index contributed by atoms with van der Waals surface area (Å²) in [6.45, 7) is 2.84. The zero-order valence-corrected chi connectivity index (χ0v) is 17.0. The van der Waals surface area contributed by atoms with Crippen LogP contribution in [0.25, 0.3) is 16.7 Å². The van der Waals surface area contributed by atoms with Gasteiger partial charge in [0.15, 0.2) is 0 Å². The summed E-state index contributed by atoms with van der Waals surface area (Å²) >= 11 is 0. The fourth-order valence-corrected chi connectivity index (χ4v) is 3.45. The van der Waals surface area contributed by atoms with E-state index in [9.17, 15) is 9.59 Å². The maximum Gasteiger partial charge on any atom is 0.306 e. The van der Waals surface area contributed by atoms with Gasteiger partial charge in [0, 0.05) is 25.4 Å². The van der Waals surface area contributed by atoms with Crippen LogP contribution in [0, 0.1) is 0 Å². The molecular weight excluding hydrogens is 380 g/mol. The second-order valence-corrected chi connectivity index (χ2v) is 7.22. The number of unbranched alkanes of at least 4 members (excludes halogenated alkanes) is 1. The number of aryl methyl sites for hydroxylation is 2. The molecule has 0 fully saturated rings. The van der Waals surface area contributed by atoms with Crippen molar-refractivity contribution in [2.75, 3.05) is 0 Å². The quantitative estimate of drug-likeness (QED) is 0.420. The average molecular weight is 404 g/mol. The number of imidazole rings is 1. The molecule has 0 saturated carbocycles. The van der Waals surface area contributed by atoms with Crippen molar-refractivity contribution in [2.45, 2.75) is 45.8 Å². The number of esters is 1. The van der Waals surface area contributed by atoms with Gasteiger partial charge in [-0.05, 0) is 30.7 Å². The molecule has 1 aromatic carbocycles. The Labute approximate surface area is 174 Å². The molecule has 0 aliphatic rings. The lowest BCUT2D eigenvalue weighted by Crippen LogP contribution is -2.26. The molecule has 0 aliphatic heterocycles. The van der Waals surface area contributed by atoms with Crippen LogP contribution in [0.5, 0.6) is 0 Å². The highest BCUT2D eigenvalue weighted by Crippen LogP contribution is 2.12. The number of carbonyl (C=O) groups is 1. The highest BCUT2D eigenvalue weighted by atomic mass is 16.5. The van der Waals surface area contributed by atoms with Crippen molar-refractivity contribution in [3.05, 3.63) is 76.6 Å². The molecule has 30 heavy (non-hydrogen) atoms. The normalized spacial score (nSPS) is 11.2. The van der Waals surface area contributed by atoms with Gasteiger partial charge in [-0.2, -0.15) is 0 Å². The van der Waals surface area contributed by atoms with E-state index in [4.69, 9.17) is 4.74 Å². The number of aromatic nitrogens is 4. The Morgan fingerprint density at radius 1 is 1.10 bits per heavy atom. The molecule has 7 nitrogen and oxygen atoms in total. The second kappa shape index (κ2) is 8.90. The average Bonchev–Trinajstić information content (AvgIpc) is 3.19. The van der Waals surface area contributed by atoms with Crippen molar-refractivity contribution in [3.8, 4) is 0 Å². The van der Waals surface area contributed by atoms with E-state index < -0.39 is 0 Å². The van der Waals surface area contributed by atoms with Gasteiger partial charge in [0.1, 0.15) is 17.9 Å². The first kappa shape index (κ1) is 19.8. The first-order chi connectivity index (χ1) is 14.7. The van der Waals surface area contributed by atoms with E-state index in [-0.39, 0.29) is 31.0 Å². The Balaban J connectivity index is 1.44. The molecule has 0 N–H and O–H groups in total. The summed E-state index contributed by atoms with van der Waals surface area (Å²) < 4.78 is 8.99. The summed E-state index contributed by atoms with van der Waals surface area (Å²) in [5, 5.41) is 0. The van der Waals surface area contributed by atoms with Crippen LogP contribution < -0.4 is 5.56 Å². The van der Waals surface area contributed by atoms with Gasteiger partial charge in [0.2, 0.25) is 0 Å². The predicted octanol–water partition coefficient (Wildman–Crippen LogP) is 3.52. The number of pyridine rings is 1. The van der Waals surface area contributed by atoms with E-state index in [1.807, 2.05) is 59.3 Å². The number of benzene rings is 1. The lowest BCUT2D eigenvalue weighted by atomic mass is 10.2. The van der Waals surface area contributed by atoms with Crippen LogP contribution in [0.15, 0.2) is 59.7 Å². The minimum atomic E-state index is -0.374. The Morgan fingerprint density at radius 3 is 2.77 bits per heavy atom. The number of nitrogens with zero attached hydrogens (tertiary/aromatic N) is 4. The Bertz CT molecular complexity index is 1210. The van der Waals surface area contributed by atoms with Gasteiger partial charge < -0.3 is 13.7 Å². The molecule has 4 rings (SSSR count). The van der Waals surface area contributed by atoms with E-state index in [0.717, 1.165) is 29.5 Å². The van der Waals surface area contributed by atoms with Crippen molar-refractivity contribution in [3.63, 3.8) is 0 Å². The van der Waals surface area contributed by atoms with Crippen LogP contribution in [0.4, 0.5) is 0 Å². The smallest absolute Gasteiger partial charge is 0.306 e. The van der Waals surface area contributed by atoms with E-state index in [2.05, 4.69) is 16.9 Å². The molecule has 4 aromatic rings. The highest BCUT2D eigenvalue weighted by molar-refractivity contribution is 5.75. The molecule has 154 valence electrons. The lowest BCUT2D eigenvalue weighted by molar-refractivity contribution is -0.145. The lowest BCUT2D eigenvalue weighted by Gasteiger charge is -2.11. The predicted molar refractivity (Wildman–Crippen MR) is 114 cm³/mol. The van der Waals surface area contributed by atoms with Gasteiger partial charge in [-0.15, -0.1) is 0 Å². The summed E-state index contributed by atoms with van der Waals surface area (Å²) in [6, 6.07) is 13.3. The zero-order valence-electron chi connectivity index (χ0n) is 17.0. The van der Waals surface area contributed by atoms with Gasteiger partial charge in [-0.1, -0.05) is 31.5 Å². The highest BCUT2D eigenvalue weighted by Gasteiger charge is 2.13. The maximum atomic E-state index is 12.9. The SMILES string of the molecule is CCCCn1c(=O)c(CCC(=O)OCc2cn3ccccc3n2)nc2ccccc21. The largest absolute Gasteiger partial charge is 0.459 e. The fraction of sp³-hybridized carbons (Fsp3) is 0.304. The molecule has 0 radical (unpaired) electrons. The molecule has 0 amide bonds. The summed E-state index contributed by atoms with van der Waals surface area (Å²) in [6.07, 6.45) is 5.98. The molecule has 7 heteroatoms. The van der Waals surface area contributed by atoms with E-state index in [1.54, 1.807) is 4.57 Å². The van der Waals surface area contributed by atoms with Gasteiger partial charge in [-0.25, -0.2) is 9.97 Å². The molecule has 0 bridgehead atoms. The number of hydrogen-bond donors (Lipinski definition) is 0. The third kappa shape index (κ3) is 4.25. The van der Waals surface area contributed by atoms with Crippen LogP contribution in [0.1, 0.15) is 37.6 Å². The molecule has 0 saturated heterocycles. The third-order valence-electron chi connectivity index (χ3n) is 5.02. The Hall–Kier alpha value is -3.48. The molecule has 0 aliphatic carbocycles. The Morgan fingerprint density at radius 2 is 1.93 bits per heavy atom. The number of rotatable bonds is 8. The fourth-order valence-electron chi connectivity index (χ4n) is 3.45. The van der Waals surface area contributed by atoms with Gasteiger partial charge in [0.05, 0.1) is 23.1 Å². The van der Waals surface area contributed by atoms with Crippen molar-refractivity contribution in [1.82, 2.24) is 18.9 Å². The number of hydrogen-bond acceptors (Lipinski definition) is 5. The summed E-state index contributed by atoms with van der Waals surface area (Å²) in [7, 11) is 0. The number of fused-ring (bicyclic) bond motifs is 2. The molecular formula is C23H24N4O3. The van der Waals surface area contributed by atoms with Crippen LogP contribution in [0.2, 0.25) is 0 Å². The molecule has 3 aromatic heterocycles. The Kier molecular flexibility index (Phi) is 5.88. The second-order valence-electron chi connectivity index (χ2n) is 7.22. The van der Waals surface area contributed by atoms with E-state index in [0.29, 0.717) is 17.9 Å². The van der Waals surface area contributed by atoms with Gasteiger partial charge in [0.25, 0.3) is 5.56 Å². The van der Waals surface area contributed by atoms with E-state index in [1.165, 1.54) is 0 Å². The molecule has 0 atom stereocenters. The maximum absolute atomic E-state index is 12.9. The zero-order chi connectivity index (χ0) is 20.9. The van der Waals surface area contributed by atoms with E-state index >= 15 is 0 Å². The topological polar surface area (TPSA) is 78.5 Å². The van der Waals surface area contributed by atoms with Crippen molar-refractivity contribution < 1.29 is 9.53 Å². The van der Waals surface area contributed by atoms with Crippen LogP contribution in [0.3, 0.4) is 0 Å². The molecule has 0 spiro atoms. The summed E-state index contributed by atoms with van der Waals surface area (Å²) in [5.74, 6) is -0.374. The number of carbonyl (C=O) groups excluding carboxylic acids is 1. The van der Waals surface area contributed by atoms with Crippen molar-refractivity contribution >= 4 is 22.6 Å². The number of para-hydroxylation sites is 2. The van der Waals surface area contributed by atoms with Crippen LogP contribution in [-0.2, 0) is 29.1 Å².